The molecular formula is C21H21Cl2N3O3. The van der Waals surface area contributed by atoms with Crippen molar-refractivity contribution in [1.82, 2.24) is 16.0 Å². The number of benzene rings is 2. The number of carbonyl (C=O) groups is 2. The Hall–Kier alpha value is -2.54. The van der Waals surface area contributed by atoms with E-state index in [1.807, 2.05) is 24.3 Å². The average Bonchev–Trinajstić information content (AvgIpc) is 2.69. The molecule has 1 heterocycles. The summed E-state index contributed by atoms with van der Waals surface area (Å²) in [5, 5.41) is 9.95. The van der Waals surface area contributed by atoms with Crippen molar-refractivity contribution in [2.75, 3.05) is 13.2 Å². The first-order valence-electron chi connectivity index (χ1n) is 9.17. The zero-order valence-corrected chi connectivity index (χ0v) is 17.3. The van der Waals surface area contributed by atoms with Crippen molar-refractivity contribution >= 4 is 35.2 Å². The van der Waals surface area contributed by atoms with E-state index in [2.05, 4.69) is 16.0 Å². The molecule has 3 rings (SSSR count). The molecule has 1 atom stereocenters. The third kappa shape index (κ3) is 5.29. The molecule has 0 aromatic heterocycles. The van der Waals surface area contributed by atoms with E-state index in [0.717, 1.165) is 11.1 Å². The molecule has 1 aliphatic rings. The summed E-state index contributed by atoms with van der Waals surface area (Å²) in [5.41, 5.74) is 2.46. The van der Waals surface area contributed by atoms with Crippen LogP contribution < -0.4 is 16.0 Å². The molecule has 29 heavy (non-hydrogen) atoms. The highest BCUT2D eigenvalue weighted by atomic mass is 35.5. The first kappa shape index (κ1) is 21.2. The first-order chi connectivity index (χ1) is 14.0. The van der Waals surface area contributed by atoms with Gasteiger partial charge in [-0.1, -0.05) is 53.5 Å². The Morgan fingerprint density at radius 2 is 1.83 bits per heavy atom. The number of halogens is 2. The molecule has 0 bridgehead atoms. The third-order valence-electron chi connectivity index (χ3n) is 4.43. The van der Waals surface area contributed by atoms with E-state index in [0.29, 0.717) is 27.9 Å². The molecule has 0 spiro atoms. The van der Waals surface area contributed by atoms with Gasteiger partial charge < -0.3 is 20.7 Å². The Kier molecular flexibility index (Phi) is 7.14. The standard InChI is InChI=1S/C21H21Cl2N3O3/c1-2-29-20(27)18-17(12-24-11-14-5-3-4-6-16(14)23)25-21(28)26-19(18)13-7-9-15(22)10-8-13/h3-10,19,24H,2,11-12H2,1H3,(H2,25,26,28)/t19-/m0/s1. The second-order valence-corrected chi connectivity index (χ2v) is 7.23. The molecule has 152 valence electrons. The van der Waals surface area contributed by atoms with E-state index >= 15 is 0 Å². The van der Waals surface area contributed by atoms with Gasteiger partial charge in [0.15, 0.2) is 0 Å². The van der Waals surface area contributed by atoms with Crippen molar-refractivity contribution in [3.8, 4) is 0 Å². The number of ether oxygens (including phenoxy) is 1. The van der Waals surface area contributed by atoms with Crippen LogP contribution in [0.3, 0.4) is 0 Å². The van der Waals surface area contributed by atoms with Gasteiger partial charge in [0.25, 0.3) is 0 Å². The summed E-state index contributed by atoms with van der Waals surface area (Å²) >= 11 is 12.2. The molecule has 0 saturated heterocycles. The molecule has 2 aromatic carbocycles. The molecular weight excluding hydrogens is 413 g/mol. The van der Waals surface area contributed by atoms with Crippen molar-refractivity contribution < 1.29 is 14.3 Å². The molecule has 2 aromatic rings. The van der Waals surface area contributed by atoms with Crippen molar-refractivity contribution in [3.05, 3.63) is 81.0 Å². The minimum absolute atomic E-state index is 0.226. The topological polar surface area (TPSA) is 79.5 Å². The molecule has 0 radical (unpaired) electrons. The number of nitrogens with one attached hydrogen (secondary N) is 3. The highest BCUT2D eigenvalue weighted by Crippen LogP contribution is 2.28. The van der Waals surface area contributed by atoms with Gasteiger partial charge in [0.2, 0.25) is 0 Å². The van der Waals surface area contributed by atoms with Crippen molar-refractivity contribution in [1.29, 1.82) is 0 Å². The number of esters is 1. The fraction of sp³-hybridized carbons (Fsp3) is 0.238. The molecule has 8 heteroatoms. The van der Waals surface area contributed by atoms with Crippen molar-refractivity contribution in [2.45, 2.75) is 19.5 Å². The van der Waals surface area contributed by atoms with Crippen LogP contribution in [0.5, 0.6) is 0 Å². The molecule has 0 unspecified atom stereocenters. The predicted octanol–water partition coefficient (Wildman–Crippen LogP) is 3.95. The number of urea groups is 1. The number of hydrogen-bond donors (Lipinski definition) is 3. The van der Waals surface area contributed by atoms with E-state index < -0.39 is 18.0 Å². The lowest BCUT2D eigenvalue weighted by Crippen LogP contribution is -2.48. The van der Waals surface area contributed by atoms with Gasteiger partial charge in [-0.05, 0) is 36.2 Å². The van der Waals surface area contributed by atoms with Crippen LogP contribution in [0.25, 0.3) is 0 Å². The lowest BCUT2D eigenvalue weighted by atomic mass is 9.95. The Morgan fingerprint density at radius 3 is 2.52 bits per heavy atom. The van der Waals surface area contributed by atoms with Gasteiger partial charge in [-0.3, -0.25) is 0 Å². The number of hydrogen-bond acceptors (Lipinski definition) is 4. The van der Waals surface area contributed by atoms with E-state index in [1.54, 1.807) is 31.2 Å². The fourth-order valence-electron chi connectivity index (χ4n) is 3.08. The Labute approximate surface area is 179 Å². The van der Waals surface area contributed by atoms with Gasteiger partial charge in [-0.15, -0.1) is 0 Å². The molecule has 3 N–H and O–H groups in total. The first-order valence-corrected chi connectivity index (χ1v) is 9.92. The third-order valence-corrected chi connectivity index (χ3v) is 5.05. The predicted molar refractivity (Wildman–Crippen MR) is 113 cm³/mol. The van der Waals surface area contributed by atoms with Gasteiger partial charge in [-0.2, -0.15) is 0 Å². The second kappa shape index (κ2) is 9.78. The SMILES string of the molecule is CCOC(=O)C1=C(CNCc2ccccc2Cl)NC(=O)N[C@H]1c1ccc(Cl)cc1. The quantitative estimate of drug-likeness (QED) is 0.577. The summed E-state index contributed by atoms with van der Waals surface area (Å²) in [6, 6.07) is 13.4. The van der Waals surface area contributed by atoms with Crippen molar-refractivity contribution in [2.24, 2.45) is 0 Å². The van der Waals surface area contributed by atoms with E-state index in [1.165, 1.54) is 0 Å². The molecule has 0 fully saturated rings. The summed E-state index contributed by atoms with van der Waals surface area (Å²) in [4.78, 5) is 25.0. The Bertz CT molecular complexity index is 929. The zero-order chi connectivity index (χ0) is 20.8. The van der Waals surface area contributed by atoms with Crippen LogP contribution in [-0.4, -0.2) is 25.2 Å². The average molecular weight is 434 g/mol. The molecule has 0 saturated carbocycles. The van der Waals surface area contributed by atoms with Crippen LogP contribution in [0.1, 0.15) is 24.1 Å². The van der Waals surface area contributed by atoms with Gasteiger partial charge >= 0.3 is 12.0 Å². The van der Waals surface area contributed by atoms with Gasteiger partial charge in [-0.25, -0.2) is 9.59 Å². The van der Waals surface area contributed by atoms with Crippen LogP contribution >= 0.6 is 23.2 Å². The summed E-state index contributed by atoms with van der Waals surface area (Å²) in [6.07, 6.45) is 0. The number of amides is 2. The van der Waals surface area contributed by atoms with Gasteiger partial charge in [0, 0.05) is 28.8 Å². The Morgan fingerprint density at radius 1 is 1.10 bits per heavy atom. The zero-order valence-electron chi connectivity index (χ0n) is 15.8. The molecule has 0 aliphatic carbocycles. The van der Waals surface area contributed by atoms with Gasteiger partial charge in [0.05, 0.1) is 18.2 Å². The lowest BCUT2D eigenvalue weighted by molar-refractivity contribution is -0.139. The summed E-state index contributed by atoms with van der Waals surface area (Å²) < 4.78 is 5.24. The maximum Gasteiger partial charge on any atom is 0.338 e. The smallest absolute Gasteiger partial charge is 0.338 e. The lowest BCUT2D eigenvalue weighted by Gasteiger charge is -2.29. The maximum absolute atomic E-state index is 12.7. The highest BCUT2D eigenvalue weighted by Gasteiger charge is 2.33. The number of carbonyl (C=O) groups excluding carboxylic acids is 2. The van der Waals surface area contributed by atoms with Crippen LogP contribution in [-0.2, 0) is 16.1 Å². The van der Waals surface area contributed by atoms with Crippen LogP contribution in [0.2, 0.25) is 10.0 Å². The minimum atomic E-state index is -0.642. The summed E-state index contributed by atoms with van der Waals surface area (Å²) in [7, 11) is 0. The van der Waals surface area contributed by atoms with Crippen LogP contribution in [0.4, 0.5) is 4.79 Å². The molecule has 1 aliphatic heterocycles. The van der Waals surface area contributed by atoms with Crippen LogP contribution in [0, 0.1) is 0 Å². The largest absolute Gasteiger partial charge is 0.463 e. The Balaban J connectivity index is 1.88. The van der Waals surface area contributed by atoms with E-state index in [-0.39, 0.29) is 13.2 Å². The fourth-order valence-corrected chi connectivity index (χ4v) is 3.40. The van der Waals surface area contributed by atoms with Gasteiger partial charge in [0.1, 0.15) is 0 Å². The highest BCUT2D eigenvalue weighted by molar-refractivity contribution is 6.31. The van der Waals surface area contributed by atoms with E-state index in [4.69, 9.17) is 27.9 Å². The normalized spacial score (nSPS) is 16.2. The minimum Gasteiger partial charge on any atom is -0.463 e. The summed E-state index contributed by atoms with van der Waals surface area (Å²) in [5.74, 6) is -0.491. The van der Waals surface area contributed by atoms with Crippen molar-refractivity contribution in [3.63, 3.8) is 0 Å². The number of rotatable bonds is 7. The monoisotopic (exact) mass is 433 g/mol. The van der Waals surface area contributed by atoms with E-state index in [9.17, 15) is 9.59 Å². The second-order valence-electron chi connectivity index (χ2n) is 6.39. The van der Waals surface area contributed by atoms with Crippen LogP contribution in [0.15, 0.2) is 59.8 Å². The molecule has 2 amide bonds. The summed E-state index contributed by atoms with van der Waals surface area (Å²) in [6.45, 7) is 2.70. The maximum atomic E-state index is 12.7. The molecule has 6 nitrogen and oxygen atoms in total.